The summed E-state index contributed by atoms with van der Waals surface area (Å²) < 4.78 is 25.8. The Labute approximate surface area is 129 Å². The van der Waals surface area contributed by atoms with Crippen molar-refractivity contribution in [3.05, 3.63) is 52.2 Å². The number of amides is 1. The van der Waals surface area contributed by atoms with Crippen LogP contribution in [0.2, 0.25) is 0 Å². The first-order valence-electron chi connectivity index (χ1n) is 6.26. The molecule has 0 saturated carbocycles. The number of oxime groups is 1. The fourth-order valence-electron chi connectivity index (χ4n) is 1.47. The lowest BCUT2D eigenvalue weighted by Crippen LogP contribution is -2.27. The lowest BCUT2D eigenvalue weighted by atomic mass is 10.3. The predicted octanol–water partition coefficient (Wildman–Crippen LogP) is 2.69. The van der Waals surface area contributed by atoms with Gasteiger partial charge in [0.05, 0.1) is 4.88 Å². The van der Waals surface area contributed by atoms with Crippen molar-refractivity contribution in [2.45, 2.75) is 13.0 Å². The lowest BCUT2D eigenvalue weighted by Gasteiger charge is -2.11. The number of amidine groups is 1. The zero-order chi connectivity index (χ0) is 16.1. The summed E-state index contributed by atoms with van der Waals surface area (Å²) in [5.41, 5.74) is 5.81. The summed E-state index contributed by atoms with van der Waals surface area (Å²) >= 11 is 1.38. The maximum Gasteiger partial charge on any atom is 0.267 e. The number of nitrogens with zero attached hydrogens (tertiary/aromatic N) is 1. The van der Waals surface area contributed by atoms with Gasteiger partial charge in [-0.1, -0.05) is 11.2 Å². The van der Waals surface area contributed by atoms with Crippen LogP contribution in [0.5, 0.6) is 0 Å². The van der Waals surface area contributed by atoms with Crippen molar-refractivity contribution in [3.63, 3.8) is 0 Å². The highest BCUT2D eigenvalue weighted by molar-refractivity contribution is 7.12. The number of nitrogens with two attached hydrogens (primary N) is 1. The second-order valence-electron chi connectivity index (χ2n) is 4.32. The van der Waals surface area contributed by atoms with Gasteiger partial charge in [0.2, 0.25) is 6.10 Å². The minimum atomic E-state index is -1.05. The molecule has 116 valence electrons. The number of anilines is 1. The van der Waals surface area contributed by atoms with E-state index < -0.39 is 23.6 Å². The molecule has 0 radical (unpaired) electrons. The first kappa shape index (κ1) is 15.9. The zero-order valence-corrected chi connectivity index (χ0v) is 12.4. The van der Waals surface area contributed by atoms with Gasteiger partial charge in [-0.15, -0.1) is 11.3 Å². The molecule has 8 heteroatoms. The summed E-state index contributed by atoms with van der Waals surface area (Å²) in [4.78, 5) is 17.6. The normalized spacial score (nSPS) is 12.8. The average molecular weight is 325 g/mol. The Morgan fingerprint density at radius 3 is 2.77 bits per heavy atom. The fraction of sp³-hybridized carbons (Fsp3) is 0.143. The largest absolute Gasteiger partial charge is 0.381 e. The number of rotatable bonds is 5. The van der Waals surface area contributed by atoms with Crippen molar-refractivity contribution in [2.24, 2.45) is 10.9 Å². The van der Waals surface area contributed by atoms with Crippen molar-refractivity contribution in [1.29, 1.82) is 0 Å². The number of nitrogens with one attached hydrogen (secondary N) is 1. The van der Waals surface area contributed by atoms with Crippen molar-refractivity contribution < 1.29 is 18.4 Å². The maximum absolute atomic E-state index is 13.0. The SMILES string of the molecule is CC(O/N=C(\N)c1cccs1)C(=O)Nc1ccc(F)c(F)c1. The maximum atomic E-state index is 13.0. The van der Waals surface area contributed by atoms with Crippen LogP contribution in [-0.2, 0) is 9.63 Å². The van der Waals surface area contributed by atoms with E-state index in [1.54, 1.807) is 6.07 Å². The number of halogens is 2. The quantitative estimate of drug-likeness (QED) is 0.504. The van der Waals surface area contributed by atoms with E-state index in [1.807, 2.05) is 11.4 Å². The molecule has 0 bridgehead atoms. The Morgan fingerprint density at radius 1 is 1.36 bits per heavy atom. The number of thiophene rings is 1. The van der Waals surface area contributed by atoms with Crippen LogP contribution in [0.3, 0.4) is 0 Å². The van der Waals surface area contributed by atoms with Crippen LogP contribution in [0, 0.1) is 11.6 Å². The van der Waals surface area contributed by atoms with Gasteiger partial charge in [-0.25, -0.2) is 8.78 Å². The highest BCUT2D eigenvalue weighted by Gasteiger charge is 2.15. The Balaban J connectivity index is 1.94. The average Bonchev–Trinajstić information content (AvgIpc) is 3.02. The van der Waals surface area contributed by atoms with Gasteiger partial charge in [-0.3, -0.25) is 4.79 Å². The van der Waals surface area contributed by atoms with Crippen molar-refractivity contribution in [1.82, 2.24) is 0 Å². The first-order valence-corrected chi connectivity index (χ1v) is 7.14. The van der Waals surface area contributed by atoms with E-state index in [2.05, 4.69) is 10.5 Å². The summed E-state index contributed by atoms with van der Waals surface area (Å²) in [5, 5.41) is 7.89. The smallest absolute Gasteiger partial charge is 0.267 e. The molecule has 0 spiro atoms. The molecule has 5 nitrogen and oxygen atoms in total. The topological polar surface area (TPSA) is 76.7 Å². The Hall–Kier alpha value is -2.48. The Morgan fingerprint density at radius 2 is 2.14 bits per heavy atom. The molecular weight excluding hydrogens is 312 g/mol. The molecule has 0 fully saturated rings. The Bertz CT molecular complexity index is 689. The molecule has 0 saturated heterocycles. The third-order valence-corrected chi connectivity index (χ3v) is 3.53. The van der Waals surface area contributed by atoms with Crippen molar-refractivity contribution in [3.8, 4) is 0 Å². The standard InChI is InChI=1S/C14H13F2N3O2S/c1-8(21-19-13(17)12-3-2-6-22-12)14(20)18-9-4-5-10(15)11(16)7-9/h2-8H,1H3,(H2,17,19)(H,18,20). The molecule has 22 heavy (non-hydrogen) atoms. The molecular formula is C14H13F2N3O2S. The van der Waals surface area contributed by atoms with Crippen molar-refractivity contribution >= 4 is 28.8 Å². The molecule has 0 aliphatic carbocycles. The summed E-state index contributed by atoms with van der Waals surface area (Å²) in [6.45, 7) is 1.46. The predicted molar refractivity (Wildman–Crippen MR) is 80.6 cm³/mol. The van der Waals surface area contributed by atoms with Gasteiger partial charge in [0, 0.05) is 11.8 Å². The van der Waals surface area contributed by atoms with Crippen molar-refractivity contribution in [2.75, 3.05) is 5.32 Å². The molecule has 2 rings (SSSR count). The molecule has 1 atom stereocenters. The molecule has 1 heterocycles. The molecule has 1 amide bonds. The van der Waals surface area contributed by atoms with Gasteiger partial charge >= 0.3 is 0 Å². The van der Waals surface area contributed by atoms with E-state index in [0.29, 0.717) is 4.88 Å². The molecule has 0 aliphatic rings. The van der Waals surface area contributed by atoms with Gasteiger partial charge in [0.1, 0.15) is 0 Å². The number of carbonyl (C=O) groups excluding carboxylic acids is 1. The monoisotopic (exact) mass is 325 g/mol. The van der Waals surface area contributed by atoms with Crippen LogP contribution in [0.15, 0.2) is 40.9 Å². The van der Waals surface area contributed by atoms with Crippen LogP contribution >= 0.6 is 11.3 Å². The van der Waals surface area contributed by atoms with E-state index in [4.69, 9.17) is 10.6 Å². The highest BCUT2D eigenvalue weighted by Crippen LogP contribution is 2.14. The summed E-state index contributed by atoms with van der Waals surface area (Å²) in [5.74, 6) is -2.45. The van der Waals surface area contributed by atoms with Gasteiger partial charge in [-0.05, 0) is 30.5 Å². The van der Waals surface area contributed by atoms with Crippen LogP contribution < -0.4 is 11.1 Å². The summed E-state index contributed by atoms with van der Waals surface area (Å²) in [7, 11) is 0. The Kier molecular flexibility index (Phi) is 5.05. The molecule has 2 aromatic rings. The van der Waals surface area contributed by atoms with Crippen LogP contribution in [-0.4, -0.2) is 17.8 Å². The van der Waals surface area contributed by atoms with Crippen LogP contribution in [0.4, 0.5) is 14.5 Å². The number of hydrogen-bond donors (Lipinski definition) is 2. The fourth-order valence-corrected chi connectivity index (χ4v) is 2.09. The number of hydrogen-bond acceptors (Lipinski definition) is 4. The van der Waals surface area contributed by atoms with E-state index in [-0.39, 0.29) is 11.5 Å². The summed E-state index contributed by atoms with van der Waals surface area (Å²) in [6, 6.07) is 6.61. The molecule has 3 N–H and O–H groups in total. The third-order valence-electron chi connectivity index (χ3n) is 2.64. The second kappa shape index (κ2) is 6.99. The highest BCUT2D eigenvalue weighted by atomic mass is 32.1. The molecule has 1 aromatic heterocycles. The zero-order valence-electron chi connectivity index (χ0n) is 11.5. The first-order chi connectivity index (χ1) is 10.5. The molecule has 1 unspecified atom stereocenters. The lowest BCUT2D eigenvalue weighted by molar-refractivity contribution is -0.126. The summed E-state index contributed by atoms with van der Waals surface area (Å²) in [6.07, 6.45) is -0.952. The van der Waals surface area contributed by atoms with E-state index in [0.717, 1.165) is 12.1 Å². The number of carbonyl (C=O) groups is 1. The van der Waals surface area contributed by atoms with Crippen LogP contribution in [0.1, 0.15) is 11.8 Å². The minimum absolute atomic E-state index is 0.120. The van der Waals surface area contributed by atoms with Gasteiger partial charge < -0.3 is 15.9 Å². The van der Waals surface area contributed by atoms with E-state index in [1.165, 1.54) is 24.3 Å². The molecule has 0 aliphatic heterocycles. The van der Waals surface area contributed by atoms with E-state index in [9.17, 15) is 13.6 Å². The number of benzene rings is 1. The van der Waals surface area contributed by atoms with Gasteiger partial charge in [0.25, 0.3) is 5.91 Å². The van der Waals surface area contributed by atoms with Crippen LogP contribution in [0.25, 0.3) is 0 Å². The second-order valence-corrected chi connectivity index (χ2v) is 5.27. The van der Waals surface area contributed by atoms with Gasteiger partial charge in [0.15, 0.2) is 17.5 Å². The van der Waals surface area contributed by atoms with E-state index >= 15 is 0 Å². The molecule has 1 aromatic carbocycles. The third kappa shape index (κ3) is 4.01. The minimum Gasteiger partial charge on any atom is -0.381 e. The van der Waals surface area contributed by atoms with Gasteiger partial charge in [-0.2, -0.15) is 0 Å².